The minimum absolute atomic E-state index is 0.0963. The van der Waals surface area contributed by atoms with Crippen molar-refractivity contribution in [3.8, 4) is 5.75 Å². The molecule has 1 saturated heterocycles. The first-order valence-electron chi connectivity index (χ1n) is 7.63. The highest BCUT2D eigenvalue weighted by atomic mass is 79.9. The quantitative estimate of drug-likeness (QED) is 0.532. The number of sulfonamides is 1. The number of carbonyl (C=O) groups is 1. The van der Waals surface area contributed by atoms with E-state index in [4.69, 9.17) is 16.3 Å². The summed E-state index contributed by atoms with van der Waals surface area (Å²) in [5, 5.41) is 0.504. The number of ether oxygens (including phenoxy) is 1. The van der Waals surface area contributed by atoms with Gasteiger partial charge in [0.15, 0.2) is 0 Å². The number of rotatable bonds is 4. The van der Waals surface area contributed by atoms with Crippen LogP contribution in [0.15, 0.2) is 39.8 Å². The molecule has 0 aliphatic carbocycles. The SMILES string of the molecule is Cn1cc(S(=O)(=O)N2CCCC2)cc1C(=O)Oc1ccc(Cl)cc1Br. The molecular weight excluding hydrogens is 432 g/mol. The maximum absolute atomic E-state index is 12.6. The van der Waals surface area contributed by atoms with Gasteiger partial charge in [-0.25, -0.2) is 13.2 Å². The summed E-state index contributed by atoms with van der Waals surface area (Å²) in [6.45, 7) is 1.02. The molecule has 0 spiro atoms. The summed E-state index contributed by atoms with van der Waals surface area (Å²) in [5.41, 5.74) is 0.152. The van der Waals surface area contributed by atoms with E-state index in [1.54, 1.807) is 25.2 Å². The molecule has 0 radical (unpaired) electrons. The molecule has 0 amide bonds. The first kappa shape index (κ1) is 18.4. The maximum Gasteiger partial charge on any atom is 0.360 e. The molecule has 1 aliphatic rings. The van der Waals surface area contributed by atoms with Crippen LogP contribution in [0.3, 0.4) is 0 Å². The first-order valence-corrected chi connectivity index (χ1v) is 10.2. The van der Waals surface area contributed by atoms with E-state index in [0.29, 0.717) is 28.3 Å². The smallest absolute Gasteiger partial charge is 0.360 e. The van der Waals surface area contributed by atoms with Gasteiger partial charge in [0.05, 0.1) is 4.47 Å². The second-order valence-corrected chi connectivity index (χ2v) is 8.98. The fraction of sp³-hybridized carbons (Fsp3) is 0.312. The minimum Gasteiger partial charge on any atom is -0.421 e. The molecule has 6 nitrogen and oxygen atoms in total. The van der Waals surface area contributed by atoms with Gasteiger partial charge >= 0.3 is 5.97 Å². The number of benzene rings is 1. The highest BCUT2D eigenvalue weighted by Gasteiger charge is 2.29. The number of carbonyl (C=O) groups excluding carboxylic acids is 1. The number of halogens is 2. The molecule has 0 atom stereocenters. The summed E-state index contributed by atoms with van der Waals surface area (Å²) in [5.74, 6) is -0.340. The van der Waals surface area contributed by atoms with Crippen molar-refractivity contribution in [2.75, 3.05) is 13.1 Å². The molecule has 0 bridgehead atoms. The van der Waals surface area contributed by atoms with Gasteiger partial charge in [-0.05, 0) is 53.0 Å². The Morgan fingerprint density at radius 3 is 2.56 bits per heavy atom. The van der Waals surface area contributed by atoms with Crippen molar-refractivity contribution in [1.82, 2.24) is 8.87 Å². The van der Waals surface area contributed by atoms with Crippen molar-refractivity contribution in [1.29, 1.82) is 0 Å². The third-order valence-electron chi connectivity index (χ3n) is 3.99. The van der Waals surface area contributed by atoms with E-state index < -0.39 is 16.0 Å². The summed E-state index contributed by atoms with van der Waals surface area (Å²) in [6, 6.07) is 6.12. The third-order valence-corrected chi connectivity index (χ3v) is 6.71. The van der Waals surface area contributed by atoms with Crippen LogP contribution < -0.4 is 4.74 Å². The largest absolute Gasteiger partial charge is 0.421 e. The van der Waals surface area contributed by atoms with Crippen molar-refractivity contribution in [2.45, 2.75) is 17.7 Å². The van der Waals surface area contributed by atoms with Crippen LogP contribution in [-0.4, -0.2) is 36.3 Å². The molecule has 2 heterocycles. The highest BCUT2D eigenvalue weighted by molar-refractivity contribution is 9.10. The lowest BCUT2D eigenvalue weighted by Gasteiger charge is -2.13. The van der Waals surface area contributed by atoms with Crippen LogP contribution in [0.25, 0.3) is 0 Å². The zero-order valence-electron chi connectivity index (χ0n) is 13.4. The van der Waals surface area contributed by atoms with E-state index in [0.717, 1.165) is 12.8 Å². The summed E-state index contributed by atoms with van der Waals surface area (Å²) in [6.07, 6.45) is 3.14. The van der Waals surface area contributed by atoms with E-state index in [1.165, 1.54) is 21.1 Å². The predicted octanol–water partition coefficient (Wildman–Crippen LogP) is 3.44. The standard InChI is InChI=1S/C16H16BrClN2O4S/c1-19-10-12(25(22,23)20-6-2-3-7-20)9-14(19)16(21)24-15-5-4-11(18)8-13(15)17/h4-5,8-10H,2-3,6-7H2,1H3. The molecule has 0 N–H and O–H groups in total. The molecule has 1 fully saturated rings. The molecule has 25 heavy (non-hydrogen) atoms. The average Bonchev–Trinajstić information content (AvgIpc) is 3.20. The van der Waals surface area contributed by atoms with Gasteiger partial charge in [-0.2, -0.15) is 4.31 Å². The van der Waals surface area contributed by atoms with Crippen molar-refractivity contribution in [3.05, 3.63) is 45.7 Å². The highest BCUT2D eigenvalue weighted by Crippen LogP contribution is 2.29. The Hall–Kier alpha value is -1.35. The predicted molar refractivity (Wildman–Crippen MR) is 97.5 cm³/mol. The number of hydrogen-bond donors (Lipinski definition) is 0. The van der Waals surface area contributed by atoms with E-state index in [2.05, 4.69) is 15.9 Å². The number of hydrogen-bond acceptors (Lipinski definition) is 4. The van der Waals surface area contributed by atoms with E-state index in [1.807, 2.05) is 0 Å². The monoisotopic (exact) mass is 446 g/mol. The molecule has 9 heteroatoms. The maximum atomic E-state index is 12.6. The summed E-state index contributed by atoms with van der Waals surface area (Å²) < 4.78 is 34.0. The third kappa shape index (κ3) is 3.76. The van der Waals surface area contributed by atoms with Gasteiger partial charge in [-0.3, -0.25) is 0 Å². The lowest BCUT2D eigenvalue weighted by molar-refractivity contribution is 0.0723. The molecule has 1 aliphatic heterocycles. The molecule has 0 unspecified atom stereocenters. The van der Waals surface area contributed by atoms with E-state index in [9.17, 15) is 13.2 Å². The van der Waals surface area contributed by atoms with Crippen molar-refractivity contribution >= 4 is 43.5 Å². The molecule has 2 aromatic rings. The van der Waals surface area contributed by atoms with Gasteiger partial charge in [0.2, 0.25) is 10.0 Å². The van der Waals surface area contributed by atoms with Gasteiger partial charge in [0.1, 0.15) is 16.3 Å². The van der Waals surface area contributed by atoms with Crippen molar-refractivity contribution < 1.29 is 17.9 Å². The summed E-state index contributed by atoms with van der Waals surface area (Å²) in [4.78, 5) is 12.5. The Kier molecular flexibility index (Phi) is 5.24. The molecule has 1 aromatic heterocycles. The summed E-state index contributed by atoms with van der Waals surface area (Å²) >= 11 is 9.14. The lowest BCUT2D eigenvalue weighted by atomic mass is 10.3. The second-order valence-electron chi connectivity index (χ2n) is 5.75. The molecule has 134 valence electrons. The van der Waals surface area contributed by atoms with Crippen LogP contribution in [0.2, 0.25) is 5.02 Å². The summed E-state index contributed by atoms with van der Waals surface area (Å²) in [7, 11) is -1.97. The topological polar surface area (TPSA) is 68.6 Å². The van der Waals surface area contributed by atoms with Crippen molar-refractivity contribution in [3.63, 3.8) is 0 Å². The second kappa shape index (κ2) is 7.11. The van der Waals surface area contributed by atoms with Gasteiger partial charge in [-0.15, -0.1) is 0 Å². The lowest BCUT2D eigenvalue weighted by Crippen LogP contribution is -2.27. The fourth-order valence-electron chi connectivity index (χ4n) is 2.67. The van der Waals surface area contributed by atoms with Crippen LogP contribution in [0, 0.1) is 0 Å². The van der Waals surface area contributed by atoms with E-state index in [-0.39, 0.29) is 10.6 Å². The first-order chi connectivity index (χ1) is 11.8. The zero-order chi connectivity index (χ0) is 18.2. The Balaban J connectivity index is 1.85. The molecule has 1 aromatic carbocycles. The van der Waals surface area contributed by atoms with Gasteiger partial charge < -0.3 is 9.30 Å². The number of nitrogens with zero attached hydrogens (tertiary/aromatic N) is 2. The van der Waals surface area contributed by atoms with Crippen LogP contribution in [-0.2, 0) is 17.1 Å². The average molecular weight is 448 g/mol. The number of esters is 1. The minimum atomic E-state index is -3.58. The Morgan fingerprint density at radius 2 is 1.92 bits per heavy atom. The van der Waals surface area contributed by atoms with Crippen LogP contribution in [0.5, 0.6) is 5.75 Å². The van der Waals surface area contributed by atoms with Gasteiger partial charge in [-0.1, -0.05) is 11.6 Å². The Bertz CT molecular complexity index is 920. The van der Waals surface area contributed by atoms with E-state index >= 15 is 0 Å². The molecule has 0 saturated carbocycles. The normalized spacial score (nSPS) is 15.5. The van der Waals surface area contributed by atoms with Crippen LogP contribution >= 0.6 is 27.5 Å². The van der Waals surface area contributed by atoms with Gasteiger partial charge in [0, 0.05) is 31.4 Å². The number of aryl methyl sites for hydroxylation is 1. The molecule has 3 rings (SSSR count). The number of aromatic nitrogens is 1. The Morgan fingerprint density at radius 1 is 1.24 bits per heavy atom. The zero-order valence-corrected chi connectivity index (χ0v) is 16.6. The molecular formula is C16H16BrClN2O4S. The van der Waals surface area contributed by atoms with Crippen LogP contribution in [0.4, 0.5) is 0 Å². The van der Waals surface area contributed by atoms with Crippen molar-refractivity contribution in [2.24, 2.45) is 7.05 Å². The fourth-order valence-corrected chi connectivity index (χ4v) is 5.02. The van der Waals surface area contributed by atoms with Gasteiger partial charge in [0.25, 0.3) is 0 Å². The Labute approximate surface area is 159 Å². The van der Waals surface area contributed by atoms with Crippen LogP contribution in [0.1, 0.15) is 23.3 Å².